The van der Waals surface area contributed by atoms with Gasteiger partial charge in [0.05, 0.1) is 19.3 Å². The van der Waals surface area contributed by atoms with Crippen molar-refractivity contribution in [1.82, 2.24) is 5.32 Å². The molecule has 2 atom stereocenters. The van der Waals surface area contributed by atoms with Gasteiger partial charge in [-0.1, -0.05) is 12.1 Å². The molecule has 1 N–H and O–H groups in total. The van der Waals surface area contributed by atoms with Gasteiger partial charge in [-0.15, -0.1) is 0 Å². The van der Waals surface area contributed by atoms with Crippen molar-refractivity contribution in [3.8, 4) is 5.75 Å². The minimum atomic E-state index is 0.373. The van der Waals surface area contributed by atoms with E-state index in [4.69, 9.17) is 9.47 Å². The Labute approximate surface area is 116 Å². The molecule has 1 aliphatic rings. The molecular weight excluding hydrogens is 238 g/mol. The number of hydrogen-bond acceptors (Lipinski definition) is 3. The third-order valence-corrected chi connectivity index (χ3v) is 3.68. The molecule has 0 saturated carbocycles. The van der Waals surface area contributed by atoms with E-state index in [1.165, 1.54) is 5.56 Å². The molecule has 2 unspecified atom stereocenters. The predicted octanol–water partition coefficient (Wildman–Crippen LogP) is 2.78. The van der Waals surface area contributed by atoms with Crippen LogP contribution in [0, 0.1) is 0 Å². The van der Waals surface area contributed by atoms with Crippen LogP contribution in [-0.4, -0.2) is 31.9 Å². The number of hydrogen-bond donors (Lipinski definition) is 1. The largest absolute Gasteiger partial charge is 0.497 e. The molecule has 1 saturated heterocycles. The van der Waals surface area contributed by atoms with Crippen LogP contribution in [0.2, 0.25) is 0 Å². The Bertz CT molecular complexity index is 384. The average molecular weight is 263 g/mol. The van der Waals surface area contributed by atoms with E-state index in [9.17, 15) is 0 Å². The molecule has 0 aromatic heterocycles. The summed E-state index contributed by atoms with van der Waals surface area (Å²) in [7, 11) is 1.71. The summed E-state index contributed by atoms with van der Waals surface area (Å²) in [4.78, 5) is 0. The molecule has 0 radical (unpaired) electrons. The van der Waals surface area contributed by atoms with Gasteiger partial charge in [-0.2, -0.15) is 0 Å². The van der Waals surface area contributed by atoms with Crippen LogP contribution in [0.5, 0.6) is 5.75 Å². The summed E-state index contributed by atoms with van der Waals surface area (Å²) in [5.74, 6) is 0.936. The van der Waals surface area contributed by atoms with Crippen LogP contribution < -0.4 is 10.1 Å². The molecule has 3 nitrogen and oxygen atoms in total. The lowest BCUT2D eigenvalue weighted by Crippen LogP contribution is -2.41. The third-order valence-electron chi connectivity index (χ3n) is 3.68. The number of ether oxygens (including phenoxy) is 2. The minimum absolute atomic E-state index is 0.373. The van der Waals surface area contributed by atoms with Gasteiger partial charge in [0.15, 0.2) is 0 Å². The summed E-state index contributed by atoms with van der Waals surface area (Å²) in [6.45, 7) is 5.33. The van der Waals surface area contributed by atoms with E-state index in [0.29, 0.717) is 18.2 Å². The lowest BCUT2D eigenvalue weighted by atomic mass is 9.99. The van der Waals surface area contributed by atoms with Crippen molar-refractivity contribution < 1.29 is 9.47 Å². The van der Waals surface area contributed by atoms with Gasteiger partial charge in [-0.25, -0.2) is 0 Å². The van der Waals surface area contributed by atoms with Crippen LogP contribution in [-0.2, 0) is 11.2 Å². The third kappa shape index (κ3) is 4.51. The van der Waals surface area contributed by atoms with E-state index >= 15 is 0 Å². The fourth-order valence-electron chi connectivity index (χ4n) is 2.82. The molecule has 2 rings (SSSR count). The molecule has 0 bridgehead atoms. The standard InChI is InChI=1S/C16H25NO2/c1-12-9-15(10-13(2)19-12)17-8-7-14-5-4-6-16(11-14)18-3/h4-6,11-13,15,17H,7-10H2,1-3H3. The maximum atomic E-state index is 5.75. The zero-order chi connectivity index (χ0) is 13.7. The first-order valence-electron chi connectivity index (χ1n) is 7.19. The lowest BCUT2D eigenvalue weighted by molar-refractivity contribution is -0.0419. The molecule has 1 heterocycles. The highest BCUT2D eigenvalue weighted by Crippen LogP contribution is 2.19. The Morgan fingerprint density at radius 2 is 2.00 bits per heavy atom. The molecule has 0 aliphatic carbocycles. The van der Waals surface area contributed by atoms with Gasteiger partial charge in [-0.05, 0) is 57.4 Å². The molecule has 3 heteroatoms. The number of nitrogens with one attached hydrogen (secondary N) is 1. The Balaban J connectivity index is 1.76. The lowest BCUT2D eigenvalue weighted by Gasteiger charge is -2.32. The maximum absolute atomic E-state index is 5.75. The summed E-state index contributed by atoms with van der Waals surface area (Å²) in [6.07, 6.45) is 4.01. The first-order valence-corrected chi connectivity index (χ1v) is 7.19. The molecule has 0 amide bonds. The van der Waals surface area contributed by atoms with Crippen LogP contribution in [0.15, 0.2) is 24.3 Å². The van der Waals surface area contributed by atoms with Crippen molar-refractivity contribution in [2.75, 3.05) is 13.7 Å². The van der Waals surface area contributed by atoms with Crippen molar-refractivity contribution in [1.29, 1.82) is 0 Å². The van der Waals surface area contributed by atoms with Crippen molar-refractivity contribution in [3.63, 3.8) is 0 Å². The zero-order valence-corrected chi connectivity index (χ0v) is 12.2. The van der Waals surface area contributed by atoms with Gasteiger partial charge in [-0.3, -0.25) is 0 Å². The molecule has 106 valence electrons. The monoisotopic (exact) mass is 263 g/mol. The summed E-state index contributed by atoms with van der Waals surface area (Å²) in [6, 6.07) is 8.88. The highest BCUT2D eigenvalue weighted by Gasteiger charge is 2.23. The van der Waals surface area contributed by atoms with Gasteiger partial charge in [0.25, 0.3) is 0 Å². The summed E-state index contributed by atoms with van der Waals surface area (Å²) >= 11 is 0. The Morgan fingerprint density at radius 3 is 2.68 bits per heavy atom. The van der Waals surface area contributed by atoms with E-state index in [0.717, 1.165) is 31.6 Å². The van der Waals surface area contributed by atoms with Gasteiger partial charge < -0.3 is 14.8 Å². The van der Waals surface area contributed by atoms with Crippen LogP contribution >= 0.6 is 0 Å². The van der Waals surface area contributed by atoms with Crippen LogP contribution in [0.3, 0.4) is 0 Å². The molecular formula is C16H25NO2. The number of benzene rings is 1. The second-order valence-electron chi connectivity index (χ2n) is 5.48. The van der Waals surface area contributed by atoms with E-state index < -0.39 is 0 Å². The molecule has 0 spiro atoms. The van der Waals surface area contributed by atoms with Gasteiger partial charge in [0.1, 0.15) is 5.75 Å². The Kier molecular flexibility index (Phi) is 5.23. The fraction of sp³-hybridized carbons (Fsp3) is 0.625. The Morgan fingerprint density at radius 1 is 1.26 bits per heavy atom. The van der Waals surface area contributed by atoms with Crippen molar-refractivity contribution in [2.45, 2.75) is 51.4 Å². The van der Waals surface area contributed by atoms with Gasteiger partial charge >= 0.3 is 0 Å². The van der Waals surface area contributed by atoms with Crippen molar-refractivity contribution in [2.24, 2.45) is 0 Å². The molecule has 1 fully saturated rings. The fourth-order valence-corrected chi connectivity index (χ4v) is 2.82. The smallest absolute Gasteiger partial charge is 0.119 e. The second-order valence-corrected chi connectivity index (χ2v) is 5.48. The quantitative estimate of drug-likeness (QED) is 0.886. The summed E-state index contributed by atoms with van der Waals surface area (Å²) in [5, 5.41) is 3.65. The van der Waals surface area contributed by atoms with Crippen LogP contribution in [0.25, 0.3) is 0 Å². The average Bonchev–Trinajstić information content (AvgIpc) is 2.38. The highest BCUT2D eigenvalue weighted by atomic mass is 16.5. The van der Waals surface area contributed by atoms with Crippen LogP contribution in [0.1, 0.15) is 32.3 Å². The first-order chi connectivity index (χ1) is 9.17. The Hall–Kier alpha value is -1.06. The topological polar surface area (TPSA) is 30.5 Å². The molecule has 1 aromatic carbocycles. The normalized spacial score (nSPS) is 27.2. The number of rotatable bonds is 5. The highest BCUT2D eigenvalue weighted by molar-refractivity contribution is 5.28. The van der Waals surface area contributed by atoms with Gasteiger partial charge in [0, 0.05) is 6.04 Å². The van der Waals surface area contributed by atoms with Crippen LogP contribution in [0.4, 0.5) is 0 Å². The molecule has 1 aliphatic heterocycles. The second kappa shape index (κ2) is 6.92. The zero-order valence-electron chi connectivity index (χ0n) is 12.2. The van der Waals surface area contributed by atoms with E-state index in [-0.39, 0.29) is 0 Å². The van der Waals surface area contributed by atoms with E-state index in [2.05, 4.69) is 31.3 Å². The SMILES string of the molecule is COc1cccc(CCNC2CC(C)OC(C)C2)c1. The predicted molar refractivity (Wildman–Crippen MR) is 77.7 cm³/mol. The molecule has 19 heavy (non-hydrogen) atoms. The summed E-state index contributed by atoms with van der Waals surface area (Å²) < 4.78 is 11.0. The van der Waals surface area contributed by atoms with Gasteiger partial charge in [0.2, 0.25) is 0 Å². The maximum Gasteiger partial charge on any atom is 0.119 e. The summed E-state index contributed by atoms with van der Waals surface area (Å²) in [5.41, 5.74) is 1.32. The first kappa shape index (κ1) is 14.4. The number of methoxy groups -OCH3 is 1. The van der Waals surface area contributed by atoms with E-state index in [1.54, 1.807) is 7.11 Å². The van der Waals surface area contributed by atoms with Crippen molar-refractivity contribution >= 4 is 0 Å². The van der Waals surface area contributed by atoms with E-state index in [1.807, 2.05) is 12.1 Å². The molecule has 1 aromatic rings. The van der Waals surface area contributed by atoms with Crippen molar-refractivity contribution in [3.05, 3.63) is 29.8 Å². The minimum Gasteiger partial charge on any atom is -0.497 e.